The molecule has 0 saturated carbocycles. The second kappa shape index (κ2) is 13.5. The molecule has 3 N–H and O–H groups in total. The predicted octanol–water partition coefficient (Wildman–Crippen LogP) is 3.96. The topological polar surface area (TPSA) is 115 Å². The number of likely N-dealkylation sites (tertiary alicyclic amines) is 1. The largest absolute Gasteiger partial charge is 0.493 e. The van der Waals surface area contributed by atoms with E-state index in [1.54, 1.807) is 18.2 Å². The highest BCUT2D eigenvalue weighted by molar-refractivity contribution is 6.10. The third kappa shape index (κ3) is 7.28. The highest BCUT2D eigenvalue weighted by Crippen LogP contribution is 2.32. The smallest absolute Gasteiger partial charge is 0.261 e. The lowest BCUT2D eigenvalue weighted by molar-refractivity contribution is -0.123. The summed E-state index contributed by atoms with van der Waals surface area (Å²) in [4.78, 5) is 27.7. The standard InChI is InChI=1S/C31H38F2N4O4/c1-3-31(33,4-2)19-37-14-11-20(12-15-37)18-41-22-8-9-23(21(16-22)17-34)24-6-5-7-25(32)27(24)29(39)36-30(40)28-26(38)10-13-35-28/h5-9,16,20,26,28,35,38H,3-4,10-15,18-19H2,1-2H3,(H,36,39,40)/t26-,28-/m0/s1. The number of benzene rings is 2. The Kier molecular flexibility index (Phi) is 10.1. The predicted molar refractivity (Wildman–Crippen MR) is 151 cm³/mol. The van der Waals surface area contributed by atoms with Crippen LogP contribution in [0.4, 0.5) is 8.78 Å². The minimum Gasteiger partial charge on any atom is -0.493 e. The normalized spacial score (nSPS) is 20.0. The summed E-state index contributed by atoms with van der Waals surface area (Å²) in [5.74, 6) is -1.76. The van der Waals surface area contributed by atoms with Crippen molar-refractivity contribution in [2.45, 2.75) is 63.8 Å². The van der Waals surface area contributed by atoms with Gasteiger partial charge in [0.15, 0.2) is 0 Å². The summed E-state index contributed by atoms with van der Waals surface area (Å²) in [6.07, 6.45) is 2.22. The Balaban J connectivity index is 1.42. The number of nitrogens with zero attached hydrogens (tertiary/aromatic N) is 2. The van der Waals surface area contributed by atoms with Gasteiger partial charge in [-0.1, -0.05) is 26.0 Å². The molecular weight excluding hydrogens is 530 g/mol. The van der Waals surface area contributed by atoms with Gasteiger partial charge in [-0.25, -0.2) is 8.78 Å². The van der Waals surface area contributed by atoms with Gasteiger partial charge in [0.1, 0.15) is 23.3 Å². The van der Waals surface area contributed by atoms with Crippen LogP contribution in [-0.4, -0.2) is 72.4 Å². The molecule has 2 amide bonds. The van der Waals surface area contributed by atoms with E-state index in [1.807, 2.05) is 13.8 Å². The van der Waals surface area contributed by atoms with Crippen LogP contribution in [0.5, 0.6) is 5.75 Å². The second-order valence-corrected chi connectivity index (χ2v) is 11.0. The molecule has 0 aliphatic carbocycles. The van der Waals surface area contributed by atoms with E-state index in [1.165, 1.54) is 12.1 Å². The lowest BCUT2D eigenvalue weighted by Gasteiger charge is -2.36. The quantitative estimate of drug-likeness (QED) is 0.372. The van der Waals surface area contributed by atoms with E-state index in [4.69, 9.17) is 4.74 Å². The minimum atomic E-state index is -1.15. The number of nitrogens with one attached hydrogen (secondary N) is 2. The van der Waals surface area contributed by atoms with Gasteiger partial charge in [0.25, 0.3) is 5.91 Å². The Morgan fingerprint density at radius 2 is 1.90 bits per heavy atom. The molecule has 8 nitrogen and oxygen atoms in total. The molecule has 2 fully saturated rings. The van der Waals surface area contributed by atoms with Crippen molar-refractivity contribution in [1.29, 1.82) is 5.26 Å². The number of nitriles is 1. The zero-order valence-corrected chi connectivity index (χ0v) is 23.6. The number of carbonyl (C=O) groups excluding carboxylic acids is 2. The van der Waals surface area contributed by atoms with Crippen LogP contribution in [0.3, 0.4) is 0 Å². The lowest BCUT2D eigenvalue weighted by atomic mass is 9.94. The van der Waals surface area contributed by atoms with Gasteiger partial charge in [-0.3, -0.25) is 14.9 Å². The molecule has 2 aromatic rings. The molecule has 10 heteroatoms. The Morgan fingerprint density at radius 3 is 2.54 bits per heavy atom. The van der Waals surface area contributed by atoms with Gasteiger partial charge in [-0.05, 0) is 87.5 Å². The Hall–Kier alpha value is -3.39. The maximum Gasteiger partial charge on any atom is 0.261 e. The number of alkyl halides is 1. The first-order chi connectivity index (χ1) is 19.7. The van der Waals surface area contributed by atoms with E-state index in [-0.39, 0.29) is 16.7 Å². The molecular formula is C31H38F2N4O4. The fourth-order valence-electron chi connectivity index (χ4n) is 5.53. The van der Waals surface area contributed by atoms with Crippen molar-refractivity contribution in [1.82, 2.24) is 15.5 Å². The molecule has 41 heavy (non-hydrogen) atoms. The van der Waals surface area contributed by atoms with Crippen LogP contribution >= 0.6 is 0 Å². The van der Waals surface area contributed by atoms with Crippen molar-refractivity contribution in [3.8, 4) is 22.9 Å². The minimum absolute atomic E-state index is 0.161. The molecule has 2 aliphatic heterocycles. The van der Waals surface area contributed by atoms with Crippen molar-refractivity contribution in [2.75, 3.05) is 32.8 Å². The molecule has 2 saturated heterocycles. The van der Waals surface area contributed by atoms with Crippen LogP contribution in [0.15, 0.2) is 36.4 Å². The van der Waals surface area contributed by atoms with Gasteiger partial charge in [0.05, 0.1) is 29.9 Å². The number of hydrogen-bond donors (Lipinski definition) is 3. The average Bonchev–Trinajstić information content (AvgIpc) is 3.42. The van der Waals surface area contributed by atoms with Crippen molar-refractivity contribution >= 4 is 11.8 Å². The Morgan fingerprint density at radius 1 is 1.17 bits per heavy atom. The van der Waals surface area contributed by atoms with Crippen LogP contribution in [-0.2, 0) is 4.79 Å². The van der Waals surface area contributed by atoms with Crippen LogP contribution in [0.2, 0.25) is 0 Å². The summed E-state index contributed by atoms with van der Waals surface area (Å²) in [5.41, 5.74) is -0.838. The number of carbonyl (C=O) groups is 2. The summed E-state index contributed by atoms with van der Waals surface area (Å²) >= 11 is 0. The maximum atomic E-state index is 14.9. The average molecular weight is 569 g/mol. The zero-order chi connectivity index (χ0) is 29.6. The van der Waals surface area contributed by atoms with E-state index >= 15 is 0 Å². The van der Waals surface area contributed by atoms with E-state index < -0.39 is 35.4 Å². The number of aliphatic hydroxyl groups is 1. The van der Waals surface area contributed by atoms with Crippen LogP contribution < -0.4 is 15.4 Å². The van der Waals surface area contributed by atoms with E-state index in [0.29, 0.717) is 56.2 Å². The van der Waals surface area contributed by atoms with Gasteiger partial charge in [-0.15, -0.1) is 0 Å². The molecule has 2 aliphatic rings. The molecule has 220 valence electrons. The summed E-state index contributed by atoms with van der Waals surface area (Å²) < 4.78 is 35.7. The third-order valence-electron chi connectivity index (χ3n) is 8.32. The van der Waals surface area contributed by atoms with Crippen LogP contribution in [0.25, 0.3) is 11.1 Å². The second-order valence-electron chi connectivity index (χ2n) is 11.0. The molecule has 2 aromatic carbocycles. The number of imide groups is 1. The third-order valence-corrected chi connectivity index (χ3v) is 8.32. The molecule has 0 spiro atoms. The lowest BCUT2D eigenvalue weighted by Crippen LogP contribution is -2.48. The van der Waals surface area contributed by atoms with Crippen molar-refractivity contribution < 1.29 is 28.2 Å². The van der Waals surface area contributed by atoms with Gasteiger partial charge in [0, 0.05) is 12.1 Å². The zero-order valence-electron chi connectivity index (χ0n) is 23.6. The SMILES string of the molecule is CCC(F)(CC)CN1CCC(COc2ccc(-c3cccc(F)c3C(=O)NC(=O)[C@H]3NCC[C@@H]3O)c(C#N)c2)CC1. The highest BCUT2D eigenvalue weighted by Gasteiger charge is 2.33. The molecule has 0 bridgehead atoms. The number of halogens is 2. The first-order valence-electron chi connectivity index (χ1n) is 14.3. The van der Waals surface area contributed by atoms with Gasteiger partial charge < -0.3 is 20.1 Å². The van der Waals surface area contributed by atoms with Crippen LogP contribution in [0.1, 0.15) is 61.9 Å². The number of aliphatic hydroxyl groups excluding tert-OH is 1. The van der Waals surface area contributed by atoms with Gasteiger partial charge in [-0.2, -0.15) is 5.26 Å². The monoisotopic (exact) mass is 568 g/mol. The fourth-order valence-corrected chi connectivity index (χ4v) is 5.53. The molecule has 4 rings (SSSR count). The van der Waals surface area contributed by atoms with E-state index in [0.717, 1.165) is 32.0 Å². The summed E-state index contributed by atoms with van der Waals surface area (Å²) in [5, 5.41) is 24.8. The number of hydrogen-bond acceptors (Lipinski definition) is 7. The first-order valence-corrected chi connectivity index (χ1v) is 14.3. The number of amides is 2. The number of piperidine rings is 1. The van der Waals surface area contributed by atoms with Gasteiger partial charge in [0.2, 0.25) is 5.91 Å². The Labute approximate surface area is 239 Å². The molecule has 2 heterocycles. The molecule has 2 atom stereocenters. The summed E-state index contributed by atoms with van der Waals surface area (Å²) in [6, 6.07) is 10.0. The fraction of sp³-hybridized carbons (Fsp3) is 0.516. The van der Waals surface area contributed by atoms with Crippen molar-refractivity contribution in [2.24, 2.45) is 5.92 Å². The number of rotatable bonds is 10. The summed E-state index contributed by atoms with van der Waals surface area (Å²) in [6.45, 7) is 6.73. The summed E-state index contributed by atoms with van der Waals surface area (Å²) in [7, 11) is 0. The maximum absolute atomic E-state index is 14.9. The highest BCUT2D eigenvalue weighted by atomic mass is 19.1. The van der Waals surface area contributed by atoms with Gasteiger partial charge >= 0.3 is 0 Å². The first kappa shape index (κ1) is 30.6. The molecule has 0 unspecified atom stereocenters. The van der Waals surface area contributed by atoms with Crippen LogP contribution in [0, 0.1) is 23.1 Å². The Bertz CT molecular complexity index is 1290. The van der Waals surface area contributed by atoms with E-state index in [2.05, 4.69) is 21.6 Å². The van der Waals surface area contributed by atoms with Crippen molar-refractivity contribution in [3.05, 3.63) is 53.3 Å². The molecule has 0 aromatic heterocycles. The molecule has 0 radical (unpaired) electrons. The van der Waals surface area contributed by atoms with Crippen molar-refractivity contribution in [3.63, 3.8) is 0 Å². The van der Waals surface area contributed by atoms with E-state index in [9.17, 15) is 28.7 Å². The number of ether oxygens (including phenoxy) is 1.